The first kappa shape index (κ1) is 17.1. The highest BCUT2D eigenvalue weighted by molar-refractivity contribution is 7.09. The van der Waals surface area contributed by atoms with Crippen LogP contribution in [0.25, 0.3) is 10.9 Å². The number of halogens is 1. The van der Waals surface area contributed by atoms with Crippen molar-refractivity contribution in [1.82, 2.24) is 14.5 Å². The molecule has 1 fully saturated rings. The summed E-state index contributed by atoms with van der Waals surface area (Å²) < 4.78 is 20.3. The van der Waals surface area contributed by atoms with E-state index in [2.05, 4.69) is 4.98 Å². The minimum absolute atomic E-state index is 0.0439. The maximum atomic E-state index is 13.8. The fourth-order valence-electron chi connectivity index (χ4n) is 3.54. The van der Waals surface area contributed by atoms with Crippen molar-refractivity contribution in [1.29, 1.82) is 0 Å². The van der Waals surface area contributed by atoms with Gasteiger partial charge in [0.25, 0.3) is 5.56 Å². The smallest absolute Gasteiger partial charge is 0.261 e. The molecule has 1 aliphatic rings. The van der Waals surface area contributed by atoms with E-state index in [1.54, 1.807) is 11.3 Å². The first-order valence-electron chi connectivity index (χ1n) is 8.82. The number of benzene rings is 1. The molecule has 4 rings (SSSR count). The first-order valence-corrected chi connectivity index (χ1v) is 9.70. The fourth-order valence-corrected chi connectivity index (χ4v) is 4.52. The Kier molecular flexibility index (Phi) is 4.72. The summed E-state index contributed by atoms with van der Waals surface area (Å²) in [5.41, 5.74) is 0.971. The first-order chi connectivity index (χ1) is 12.7. The molecule has 3 aromatic rings. The lowest BCUT2D eigenvalue weighted by molar-refractivity contribution is 0.387. The van der Waals surface area contributed by atoms with Crippen molar-refractivity contribution in [3.8, 4) is 5.75 Å². The van der Waals surface area contributed by atoms with Crippen LogP contribution in [0.3, 0.4) is 0 Å². The maximum absolute atomic E-state index is 13.8. The Morgan fingerprint density at radius 1 is 1.31 bits per heavy atom. The van der Waals surface area contributed by atoms with E-state index in [9.17, 15) is 9.18 Å². The van der Waals surface area contributed by atoms with Gasteiger partial charge in [-0.3, -0.25) is 9.36 Å². The molecule has 0 spiro atoms. The molecular formula is C19H20FN3O2S. The highest BCUT2D eigenvalue weighted by Crippen LogP contribution is 2.34. The summed E-state index contributed by atoms with van der Waals surface area (Å²) in [5, 5.41) is 3.53. The molecule has 0 amide bonds. The number of thiazole rings is 1. The van der Waals surface area contributed by atoms with Gasteiger partial charge in [0.05, 0.1) is 41.6 Å². The molecular weight excluding hydrogens is 353 g/mol. The third kappa shape index (κ3) is 3.23. The molecule has 0 unspecified atom stereocenters. The van der Waals surface area contributed by atoms with Gasteiger partial charge in [-0.15, -0.1) is 11.3 Å². The molecule has 7 heteroatoms. The monoisotopic (exact) mass is 373 g/mol. The number of hydrogen-bond acceptors (Lipinski definition) is 5. The molecule has 2 heterocycles. The quantitative estimate of drug-likeness (QED) is 0.691. The second kappa shape index (κ2) is 7.15. The van der Waals surface area contributed by atoms with E-state index in [0.29, 0.717) is 23.4 Å². The molecule has 0 radical (unpaired) electrons. The summed E-state index contributed by atoms with van der Waals surface area (Å²) in [7, 11) is 1.38. The van der Waals surface area contributed by atoms with Gasteiger partial charge in [-0.2, -0.15) is 0 Å². The number of rotatable bonds is 4. The SMILES string of the molecule is COc1cc2c(=O)n(Cc3csc(C4CCCCC4)n3)cnc2cc1F. The standard InChI is InChI=1S/C19H20FN3O2S/c1-25-17-7-14-16(8-15(17)20)21-11-23(19(14)24)9-13-10-26-18(22-13)12-5-3-2-4-6-12/h7-8,10-12H,2-6,9H2,1H3. The lowest BCUT2D eigenvalue weighted by atomic mass is 9.90. The molecule has 1 aliphatic carbocycles. The van der Waals surface area contributed by atoms with E-state index < -0.39 is 5.82 Å². The molecule has 0 N–H and O–H groups in total. The van der Waals surface area contributed by atoms with Gasteiger partial charge in [0.15, 0.2) is 11.6 Å². The lowest BCUT2D eigenvalue weighted by Crippen LogP contribution is -2.21. The normalized spacial score (nSPS) is 15.5. The van der Waals surface area contributed by atoms with Gasteiger partial charge in [0.2, 0.25) is 0 Å². The fraction of sp³-hybridized carbons (Fsp3) is 0.421. The summed E-state index contributed by atoms with van der Waals surface area (Å²) in [5.74, 6) is 0.0739. The Balaban J connectivity index is 1.63. The average Bonchev–Trinajstić information content (AvgIpc) is 3.13. The van der Waals surface area contributed by atoms with Crippen LogP contribution in [0.2, 0.25) is 0 Å². The average molecular weight is 373 g/mol. The summed E-state index contributed by atoms with van der Waals surface area (Å²) in [6, 6.07) is 2.63. The molecule has 0 bridgehead atoms. The predicted octanol–water partition coefficient (Wildman–Crippen LogP) is 4.10. The summed E-state index contributed by atoms with van der Waals surface area (Å²) in [6.45, 7) is 0.366. The minimum Gasteiger partial charge on any atom is -0.494 e. The Hall–Kier alpha value is -2.28. The molecule has 136 valence electrons. The van der Waals surface area contributed by atoms with Crippen LogP contribution in [0, 0.1) is 5.82 Å². The van der Waals surface area contributed by atoms with E-state index in [4.69, 9.17) is 9.72 Å². The molecule has 26 heavy (non-hydrogen) atoms. The van der Waals surface area contributed by atoms with Crippen molar-refractivity contribution in [3.63, 3.8) is 0 Å². The van der Waals surface area contributed by atoms with E-state index in [1.807, 2.05) is 5.38 Å². The summed E-state index contributed by atoms with van der Waals surface area (Å²) in [6.07, 6.45) is 7.72. The van der Waals surface area contributed by atoms with E-state index >= 15 is 0 Å². The van der Waals surface area contributed by atoms with E-state index in [1.165, 1.54) is 67.2 Å². The van der Waals surface area contributed by atoms with Crippen molar-refractivity contribution in [2.75, 3.05) is 7.11 Å². The molecule has 0 saturated heterocycles. The van der Waals surface area contributed by atoms with Gasteiger partial charge in [0.1, 0.15) is 0 Å². The van der Waals surface area contributed by atoms with Gasteiger partial charge in [-0.25, -0.2) is 14.4 Å². The summed E-state index contributed by atoms with van der Waals surface area (Å²) >= 11 is 1.68. The Labute approximate surface area is 154 Å². The molecule has 2 aromatic heterocycles. The molecule has 5 nitrogen and oxygen atoms in total. The number of aromatic nitrogens is 3. The lowest BCUT2D eigenvalue weighted by Gasteiger charge is -2.18. The zero-order valence-electron chi connectivity index (χ0n) is 14.6. The van der Waals surface area contributed by atoms with E-state index in [0.717, 1.165) is 5.69 Å². The molecule has 1 aromatic carbocycles. The third-order valence-electron chi connectivity index (χ3n) is 4.95. The minimum atomic E-state index is -0.527. The van der Waals surface area contributed by atoms with Crippen LogP contribution >= 0.6 is 11.3 Å². The molecule has 0 aliphatic heterocycles. The van der Waals surface area contributed by atoms with Crippen molar-refractivity contribution >= 4 is 22.2 Å². The van der Waals surface area contributed by atoms with Crippen molar-refractivity contribution in [2.45, 2.75) is 44.6 Å². The Morgan fingerprint density at radius 2 is 2.12 bits per heavy atom. The topological polar surface area (TPSA) is 57.0 Å². The van der Waals surface area contributed by atoms with Crippen LogP contribution in [0.5, 0.6) is 5.75 Å². The van der Waals surface area contributed by atoms with Crippen LogP contribution < -0.4 is 10.3 Å². The second-order valence-electron chi connectivity index (χ2n) is 6.69. The number of hydrogen-bond donors (Lipinski definition) is 0. The second-order valence-corrected chi connectivity index (χ2v) is 7.58. The van der Waals surface area contributed by atoms with Crippen LogP contribution in [0.1, 0.15) is 48.7 Å². The van der Waals surface area contributed by atoms with Crippen molar-refractivity contribution in [2.24, 2.45) is 0 Å². The van der Waals surface area contributed by atoms with Gasteiger partial charge in [-0.1, -0.05) is 19.3 Å². The highest BCUT2D eigenvalue weighted by Gasteiger charge is 2.19. The Bertz CT molecular complexity index is 992. The van der Waals surface area contributed by atoms with Gasteiger partial charge < -0.3 is 4.74 Å². The predicted molar refractivity (Wildman–Crippen MR) is 99.6 cm³/mol. The van der Waals surface area contributed by atoms with Gasteiger partial charge >= 0.3 is 0 Å². The van der Waals surface area contributed by atoms with Crippen LogP contribution in [-0.4, -0.2) is 21.6 Å². The van der Waals surface area contributed by atoms with Crippen LogP contribution in [0.15, 0.2) is 28.6 Å². The Morgan fingerprint density at radius 3 is 2.88 bits per heavy atom. The van der Waals surface area contributed by atoms with Crippen LogP contribution in [-0.2, 0) is 6.54 Å². The van der Waals surface area contributed by atoms with Crippen LogP contribution in [0.4, 0.5) is 4.39 Å². The van der Waals surface area contributed by atoms with Gasteiger partial charge in [0, 0.05) is 17.4 Å². The number of nitrogens with zero attached hydrogens (tertiary/aromatic N) is 3. The van der Waals surface area contributed by atoms with Crippen molar-refractivity contribution in [3.05, 3.63) is 50.7 Å². The van der Waals surface area contributed by atoms with Crippen molar-refractivity contribution < 1.29 is 9.13 Å². The number of methoxy groups -OCH3 is 1. The number of ether oxygens (including phenoxy) is 1. The third-order valence-corrected chi connectivity index (χ3v) is 6.01. The van der Waals surface area contributed by atoms with Gasteiger partial charge in [-0.05, 0) is 18.9 Å². The largest absolute Gasteiger partial charge is 0.494 e. The number of fused-ring (bicyclic) bond motifs is 1. The zero-order chi connectivity index (χ0) is 18.1. The summed E-state index contributed by atoms with van der Waals surface area (Å²) in [4.78, 5) is 21.7. The zero-order valence-corrected chi connectivity index (χ0v) is 15.4. The maximum Gasteiger partial charge on any atom is 0.261 e. The van der Waals surface area contributed by atoms with E-state index in [-0.39, 0.29) is 11.3 Å². The highest BCUT2D eigenvalue weighted by atomic mass is 32.1. The molecule has 1 saturated carbocycles. The molecule has 0 atom stereocenters.